The van der Waals surface area contributed by atoms with Gasteiger partial charge in [-0.1, -0.05) is 0 Å². The summed E-state index contributed by atoms with van der Waals surface area (Å²) in [4.78, 5) is 21.0. The summed E-state index contributed by atoms with van der Waals surface area (Å²) in [6, 6.07) is 2.16. The van der Waals surface area contributed by atoms with Crippen LogP contribution in [0.25, 0.3) is 0 Å². The third kappa shape index (κ3) is 2.24. The van der Waals surface area contributed by atoms with Gasteiger partial charge >= 0.3 is 0 Å². The van der Waals surface area contributed by atoms with Crippen LogP contribution in [0, 0.1) is 0 Å². The molecular weight excluding hydrogens is 206 g/mol. The summed E-state index contributed by atoms with van der Waals surface area (Å²) >= 11 is 0. The number of aliphatic hydroxyl groups is 1. The van der Waals surface area contributed by atoms with Crippen molar-refractivity contribution < 1.29 is 23.5 Å². The maximum Gasteiger partial charge on any atom is 0.264 e. The number of hydrogen-bond donors (Lipinski definition) is 1. The molecule has 0 saturated carbocycles. The van der Waals surface area contributed by atoms with Crippen LogP contribution in [0.4, 0.5) is 8.78 Å². The second kappa shape index (κ2) is 4.75. The predicted octanol–water partition coefficient (Wildman–Crippen LogP) is 1.74. The summed E-state index contributed by atoms with van der Waals surface area (Å²) in [7, 11) is 0. The molecule has 0 atom stereocenters. The van der Waals surface area contributed by atoms with E-state index in [1.807, 2.05) is 0 Å². The van der Waals surface area contributed by atoms with Gasteiger partial charge in [0.25, 0.3) is 6.43 Å². The van der Waals surface area contributed by atoms with Crippen molar-refractivity contribution >= 4 is 12.6 Å². The zero-order chi connectivity index (χ0) is 11.4. The van der Waals surface area contributed by atoms with Crippen LogP contribution in [0.15, 0.2) is 12.1 Å². The lowest BCUT2D eigenvalue weighted by molar-refractivity contribution is 0.109. The van der Waals surface area contributed by atoms with Crippen molar-refractivity contribution in [3.8, 4) is 0 Å². The van der Waals surface area contributed by atoms with Crippen molar-refractivity contribution in [2.45, 2.75) is 13.0 Å². The van der Waals surface area contributed by atoms with Crippen molar-refractivity contribution in [1.82, 2.24) is 0 Å². The van der Waals surface area contributed by atoms with Crippen molar-refractivity contribution in [3.05, 3.63) is 34.4 Å². The first-order valence-electron chi connectivity index (χ1n) is 4.10. The van der Waals surface area contributed by atoms with Gasteiger partial charge in [0.1, 0.15) is 6.29 Å². The average Bonchev–Trinajstić information content (AvgIpc) is 2.26. The Morgan fingerprint density at radius 2 is 1.93 bits per heavy atom. The number of rotatable bonds is 4. The Balaban J connectivity index is 3.45. The number of aldehydes is 2. The van der Waals surface area contributed by atoms with E-state index in [0.717, 1.165) is 6.07 Å². The van der Waals surface area contributed by atoms with Crippen LogP contribution in [0.1, 0.15) is 38.3 Å². The van der Waals surface area contributed by atoms with E-state index in [1.165, 1.54) is 6.07 Å². The van der Waals surface area contributed by atoms with E-state index in [0.29, 0.717) is 6.29 Å². The highest BCUT2D eigenvalue weighted by Gasteiger charge is 2.17. The van der Waals surface area contributed by atoms with Crippen LogP contribution in [0.3, 0.4) is 0 Å². The molecule has 0 aliphatic carbocycles. The minimum atomic E-state index is -2.85. The molecule has 0 amide bonds. The van der Waals surface area contributed by atoms with Gasteiger partial charge in [-0.3, -0.25) is 9.59 Å². The SMILES string of the molecule is O=Cc1cc(CO)c(C=O)c(C(F)F)c1. The van der Waals surface area contributed by atoms with Gasteiger partial charge in [0.05, 0.1) is 6.61 Å². The Kier molecular flexibility index (Phi) is 3.62. The summed E-state index contributed by atoms with van der Waals surface area (Å²) < 4.78 is 25.0. The molecule has 0 aromatic heterocycles. The van der Waals surface area contributed by atoms with Crippen LogP contribution in [-0.2, 0) is 6.61 Å². The van der Waals surface area contributed by atoms with Gasteiger partial charge in [0.15, 0.2) is 6.29 Å². The minimum absolute atomic E-state index is 0.0138. The molecule has 1 aromatic carbocycles. The molecule has 1 rings (SSSR count). The number of aliphatic hydroxyl groups excluding tert-OH is 1. The van der Waals surface area contributed by atoms with E-state index in [9.17, 15) is 18.4 Å². The molecule has 0 aliphatic heterocycles. The summed E-state index contributed by atoms with van der Waals surface area (Å²) in [6.45, 7) is -0.560. The van der Waals surface area contributed by atoms with Crippen molar-refractivity contribution in [2.75, 3.05) is 0 Å². The van der Waals surface area contributed by atoms with E-state index in [4.69, 9.17) is 5.11 Å². The Labute approximate surface area is 84.3 Å². The van der Waals surface area contributed by atoms with Gasteiger partial charge in [-0.05, 0) is 17.7 Å². The van der Waals surface area contributed by atoms with Crippen LogP contribution in [0.2, 0.25) is 0 Å². The van der Waals surface area contributed by atoms with E-state index < -0.39 is 18.6 Å². The quantitative estimate of drug-likeness (QED) is 0.776. The van der Waals surface area contributed by atoms with Crippen molar-refractivity contribution in [3.63, 3.8) is 0 Å². The predicted molar refractivity (Wildman–Crippen MR) is 48.1 cm³/mol. The topological polar surface area (TPSA) is 54.4 Å². The second-order valence-corrected chi connectivity index (χ2v) is 2.88. The Bertz CT molecular complexity index is 388. The molecule has 0 spiro atoms. The fourth-order valence-corrected chi connectivity index (χ4v) is 1.29. The Hall–Kier alpha value is -1.62. The lowest BCUT2D eigenvalue weighted by atomic mass is 9.99. The summed E-state index contributed by atoms with van der Waals surface area (Å²) in [5, 5.41) is 8.86. The monoisotopic (exact) mass is 214 g/mol. The summed E-state index contributed by atoms with van der Waals surface area (Å²) in [6.07, 6.45) is -2.21. The van der Waals surface area contributed by atoms with E-state index in [2.05, 4.69) is 0 Å². The fraction of sp³-hybridized carbons (Fsp3) is 0.200. The normalized spacial score (nSPS) is 10.4. The van der Waals surface area contributed by atoms with E-state index >= 15 is 0 Å². The largest absolute Gasteiger partial charge is 0.392 e. The zero-order valence-electron chi connectivity index (χ0n) is 7.61. The van der Waals surface area contributed by atoms with Gasteiger partial charge in [-0.15, -0.1) is 0 Å². The van der Waals surface area contributed by atoms with Crippen LogP contribution < -0.4 is 0 Å². The first-order valence-corrected chi connectivity index (χ1v) is 4.10. The summed E-state index contributed by atoms with van der Waals surface area (Å²) in [5.41, 5.74) is -0.735. The molecule has 0 saturated heterocycles. The van der Waals surface area contributed by atoms with Gasteiger partial charge in [0, 0.05) is 16.7 Å². The van der Waals surface area contributed by atoms with Crippen molar-refractivity contribution in [1.29, 1.82) is 0 Å². The number of carbonyl (C=O) groups excluding carboxylic acids is 2. The summed E-state index contributed by atoms with van der Waals surface area (Å²) in [5.74, 6) is 0. The molecule has 0 radical (unpaired) electrons. The van der Waals surface area contributed by atoms with Gasteiger partial charge in [-0.25, -0.2) is 8.78 Å². The second-order valence-electron chi connectivity index (χ2n) is 2.88. The third-order valence-electron chi connectivity index (χ3n) is 1.98. The molecule has 5 heteroatoms. The molecule has 80 valence electrons. The molecule has 15 heavy (non-hydrogen) atoms. The first kappa shape index (κ1) is 11.5. The lowest BCUT2D eigenvalue weighted by Gasteiger charge is -2.08. The van der Waals surface area contributed by atoms with E-state index in [-0.39, 0.29) is 23.0 Å². The van der Waals surface area contributed by atoms with Crippen LogP contribution >= 0.6 is 0 Å². The molecule has 0 fully saturated rings. The molecule has 0 unspecified atom stereocenters. The van der Waals surface area contributed by atoms with Gasteiger partial charge in [-0.2, -0.15) is 0 Å². The van der Waals surface area contributed by atoms with Crippen LogP contribution in [0.5, 0.6) is 0 Å². The highest BCUT2D eigenvalue weighted by molar-refractivity contribution is 5.84. The Morgan fingerprint density at radius 3 is 2.33 bits per heavy atom. The molecule has 0 bridgehead atoms. The molecule has 1 aromatic rings. The van der Waals surface area contributed by atoms with Crippen molar-refractivity contribution in [2.24, 2.45) is 0 Å². The van der Waals surface area contributed by atoms with Gasteiger partial charge < -0.3 is 5.11 Å². The highest BCUT2D eigenvalue weighted by Crippen LogP contribution is 2.25. The third-order valence-corrected chi connectivity index (χ3v) is 1.98. The molecule has 3 nitrogen and oxygen atoms in total. The highest BCUT2D eigenvalue weighted by atomic mass is 19.3. The number of halogens is 2. The number of benzene rings is 1. The van der Waals surface area contributed by atoms with E-state index in [1.54, 1.807) is 0 Å². The maximum absolute atomic E-state index is 12.5. The average molecular weight is 214 g/mol. The fourth-order valence-electron chi connectivity index (χ4n) is 1.29. The molecular formula is C10H8F2O3. The molecule has 0 heterocycles. The van der Waals surface area contributed by atoms with Crippen LogP contribution in [-0.4, -0.2) is 17.7 Å². The first-order chi connectivity index (χ1) is 7.13. The standard InChI is InChI=1S/C10H8F2O3/c11-10(12)8-2-6(3-13)1-7(4-14)9(8)5-15/h1-3,5,10,14H,4H2. The number of carbonyl (C=O) groups is 2. The Morgan fingerprint density at radius 1 is 1.27 bits per heavy atom. The smallest absolute Gasteiger partial charge is 0.264 e. The lowest BCUT2D eigenvalue weighted by Crippen LogP contribution is -2.02. The molecule has 0 aliphatic rings. The molecule has 1 N–H and O–H groups in total. The zero-order valence-corrected chi connectivity index (χ0v) is 7.61. The minimum Gasteiger partial charge on any atom is -0.392 e. The maximum atomic E-state index is 12.5. The number of alkyl halides is 2. The van der Waals surface area contributed by atoms with Gasteiger partial charge in [0.2, 0.25) is 0 Å². The number of hydrogen-bond acceptors (Lipinski definition) is 3.